The lowest BCUT2D eigenvalue weighted by atomic mass is 10.3. The number of carbonyl (C=O) groups is 1. The lowest BCUT2D eigenvalue weighted by Gasteiger charge is -2.20. The van der Waals surface area contributed by atoms with Crippen LogP contribution in [-0.4, -0.2) is 21.6 Å². The lowest BCUT2D eigenvalue weighted by Crippen LogP contribution is -2.41. The van der Waals surface area contributed by atoms with Gasteiger partial charge in [-0.15, -0.1) is 4.28 Å². The van der Waals surface area contributed by atoms with Crippen molar-refractivity contribution in [1.82, 2.24) is 5.48 Å². The largest absolute Gasteiger partial charge is 0.371 e. The molecular formula is C14H14N2O5S. The number of hydrogen-bond donors (Lipinski definition) is 1. The second-order valence-electron chi connectivity index (χ2n) is 4.08. The van der Waals surface area contributed by atoms with Gasteiger partial charge >= 0.3 is 16.1 Å². The van der Waals surface area contributed by atoms with Gasteiger partial charge in [-0.2, -0.15) is 13.5 Å². The maximum Gasteiger partial charge on any atom is 0.371 e. The summed E-state index contributed by atoms with van der Waals surface area (Å²) in [5.74, 6) is 0. The molecule has 0 saturated carbocycles. The van der Waals surface area contributed by atoms with Gasteiger partial charge in [-0.05, 0) is 24.3 Å². The van der Waals surface area contributed by atoms with Crippen LogP contribution in [0.2, 0.25) is 0 Å². The second-order valence-corrected chi connectivity index (χ2v) is 5.61. The van der Waals surface area contributed by atoms with Crippen molar-refractivity contribution in [2.24, 2.45) is 0 Å². The minimum absolute atomic E-state index is 0.0684. The van der Waals surface area contributed by atoms with E-state index in [1.807, 2.05) is 5.48 Å². The normalized spacial score (nSPS) is 11.0. The number of rotatable bonds is 5. The number of nitrogens with zero attached hydrogens (tertiary/aromatic N) is 1. The van der Waals surface area contributed by atoms with Crippen molar-refractivity contribution in [2.45, 2.75) is 4.90 Å². The Hall–Kier alpha value is -2.42. The van der Waals surface area contributed by atoms with Crippen molar-refractivity contribution in [3.05, 3.63) is 60.7 Å². The van der Waals surface area contributed by atoms with E-state index in [1.165, 1.54) is 31.4 Å². The summed E-state index contributed by atoms with van der Waals surface area (Å²) in [7, 11) is -2.93. The summed E-state index contributed by atoms with van der Waals surface area (Å²) < 4.78 is 29.4. The summed E-state index contributed by atoms with van der Waals surface area (Å²) in [6, 6.07) is 14.7. The Balaban J connectivity index is 2.33. The van der Waals surface area contributed by atoms with Crippen LogP contribution in [0.5, 0.6) is 0 Å². The van der Waals surface area contributed by atoms with Gasteiger partial charge in [-0.1, -0.05) is 36.4 Å². The van der Waals surface area contributed by atoms with Gasteiger partial charge in [-0.3, -0.25) is 4.84 Å². The van der Waals surface area contributed by atoms with Crippen molar-refractivity contribution in [3.8, 4) is 0 Å². The first kappa shape index (κ1) is 16.0. The Morgan fingerprint density at radius 1 is 1.00 bits per heavy atom. The molecule has 0 bridgehead atoms. The van der Waals surface area contributed by atoms with Crippen LogP contribution in [0, 0.1) is 0 Å². The Morgan fingerprint density at radius 2 is 1.55 bits per heavy atom. The molecule has 2 amide bonds. The third-order valence-corrected chi connectivity index (χ3v) is 3.76. The lowest BCUT2D eigenvalue weighted by molar-refractivity contribution is 0.100. The van der Waals surface area contributed by atoms with Gasteiger partial charge in [0.05, 0.1) is 17.7 Å². The van der Waals surface area contributed by atoms with E-state index in [0.29, 0.717) is 5.06 Å². The van der Waals surface area contributed by atoms with E-state index >= 15 is 0 Å². The molecule has 0 saturated heterocycles. The molecule has 2 aromatic rings. The summed E-state index contributed by atoms with van der Waals surface area (Å²) in [6.07, 6.45) is 0. The molecular weight excluding hydrogens is 308 g/mol. The average Bonchev–Trinajstić information content (AvgIpc) is 2.54. The molecule has 116 valence electrons. The zero-order valence-corrected chi connectivity index (χ0v) is 12.5. The Labute approximate surface area is 128 Å². The predicted molar refractivity (Wildman–Crippen MR) is 79.2 cm³/mol. The molecule has 0 radical (unpaired) electrons. The number of urea groups is 1. The van der Waals surface area contributed by atoms with Gasteiger partial charge < -0.3 is 0 Å². The minimum Gasteiger partial charge on any atom is -0.275 e. The van der Waals surface area contributed by atoms with Crippen molar-refractivity contribution >= 4 is 21.8 Å². The number of hydrogen-bond acceptors (Lipinski definition) is 5. The number of para-hydroxylation sites is 1. The highest BCUT2D eigenvalue weighted by molar-refractivity contribution is 7.86. The first-order chi connectivity index (χ1) is 10.5. The van der Waals surface area contributed by atoms with Gasteiger partial charge in [0.15, 0.2) is 0 Å². The van der Waals surface area contributed by atoms with Gasteiger partial charge in [0, 0.05) is 0 Å². The fourth-order valence-corrected chi connectivity index (χ4v) is 2.54. The highest BCUT2D eigenvalue weighted by Gasteiger charge is 2.26. The van der Waals surface area contributed by atoms with Crippen LogP contribution in [0.25, 0.3) is 0 Å². The van der Waals surface area contributed by atoms with Crippen LogP contribution < -0.4 is 10.5 Å². The molecule has 0 spiro atoms. The maximum atomic E-state index is 12.2. The molecule has 22 heavy (non-hydrogen) atoms. The smallest absolute Gasteiger partial charge is 0.275 e. The van der Waals surface area contributed by atoms with E-state index in [1.54, 1.807) is 36.4 Å². The van der Waals surface area contributed by atoms with E-state index in [2.05, 4.69) is 4.84 Å². The number of hydroxylamine groups is 2. The molecule has 2 rings (SSSR count). The molecule has 0 aliphatic carbocycles. The molecule has 0 atom stereocenters. The van der Waals surface area contributed by atoms with E-state index in [0.717, 1.165) is 0 Å². The minimum atomic E-state index is -4.16. The summed E-state index contributed by atoms with van der Waals surface area (Å²) in [5, 5.41) is 0.603. The fraction of sp³-hybridized carbons (Fsp3) is 0.0714. The molecule has 7 nitrogen and oxygen atoms in total. The molecule has 1 N–H and O–H groups in total. The monoisotopic (exact) mass is 322 g/mol. The number of amides is 2. The Kier molecular flexibility index (Phi) is 5.10. The number of carbonyl (C=O) groups excluding carboxylic acids is 1. The van der Waals surface area contributed by atoms with Crippen LogP contribution in [0.1, 0.15) is 0 Å². The average molecular weight is 322 g/mol. The predicted octanol–water partition coefficient (Wildman–Crippen LogP) is 2.08. The van der Waals surface area contributed by atoms with Gasteiger partial charge in [0.2, 0.25) is 0 Å². The molecule has 0 fully saturated rings. The van der Waals surface area contributed by atoms with E-state index in [-0.39, 0.29) is 10.6 Å². The topological polar surface area (TPSA) is 84.9 Å². The van der Waals surface area contributed by atoms with Gasteiger partial charge in [0.1, 0.15) is 0 Å². The van der Waals surface area contributed by atoms with Gasteiger partial charge in [-0.25, -0.2) is 10.3 Å². The summed E-state index contributed by atoms with van der Waals surface area (Å²) >= 11 is 0. The van der Waals surface area contributed by atoms with Crippen LogP contribution in [0.3, 0.4) is 0 Å². The Bertz CT molecular complexity index is 719. The molecule has 0 aliphatic heterocycles. The van der Waals surface area contributed by atoms with Crippen LogP contribution in [-0.2, 0) is 19.2 Å². The first-order valence-corrected chi connectivity index (χ1v) is 7.63. The molecule has 0 aromatic heterocycles. The number of nitrogens with one attached hydrogen (secondary N) is 1. The number of anilines is 1. The molecule has 0 unspecified atom stereocenters. The summed E-state index contributed by atoms with van der Waals surface area (Å²) in [6.45, 7) is 0. The van der Waals surface area contributed by atoms with Gasteiger partial charge in [0.25, 0.3) is 0 Å². The summed E-state index contributed by atoms with van der Waals surface area (Å²) in [5.41, 5.74) is 2.25. The fourth-order valence-electron chi connectivity index (χ4n) is 1.61. The molecule has 0 aliphatic rings. The van der Waals surface area contributed by atoms with Crippen LogP contribution in [0.4, 0.5) is 10.5 Å². The van der Waals surface area contributed by atoms with E-state index in [9.17, 15) is 13.2 Å². The zero-order valence-electron chi connectivity index (χ0n) is 11.7. The maximum absolute atomic E-state index is 12.2. The molecule has 2 aromatic carbocycles. The quantitative estimate of drug-likeness (QED) is 0.852. The van der Waals surface area contributed by atoms with Crippen molar-refractivity contribution in [3.63, 3.8) is 0 Å². The summed E-state index contributed by atoms with van der Waals surface area (Å²) in [4.78, 5) is 16.4. The third-order valence-electron chi connectivity index (χ3n) is 2.57. The molecule has 0 heterocycles. The SMILES string of the molecule is CONC(=O)N(OS(=O)(=O)c1ccccc1)c1ccccc1. The second kappa shape index (κ2) is 7.03. The van der Waals surface area contributed by atoms with Crippen molar-refractivity contribution in [2.75, 3.05) is 12.2 Å². The highest BCUT2D eigenvalue weighted by atomic mass is 32.2. The third kappa shape index (κ3) is 3.82. The van der Waals surface area contributed by atoms with Crippen LogP contribution in [0.15, 0.2) is 65.6 Å². The standard InChI is InChI=1S/C14H14N2O5S/c1-20-15-14(17)16(12-8-4-2-5-9-12)21-22(18,19)13-10-6-3-7-11-13/h2-11H,1H3,(H,15,17). The zero-order chi connectivity index (χ0) is 16.0. The van der Waals surface area contributed by atoms with Crippen molar-refractivity contribution in [1.29, 1.82) is 0 Å². The first-order valence-electron chi connectivity index (χ1n) is 6.22. The molecule has 8 heteroatoms. The number of benzene rings is 2. The van der Waals surface area contributed by atoms with E-state index in [4.69, 9.17) is 4.28 Å². The Morgan fingerprint density at radius 3 is 2.09 bits per heavy atom. The highest BCUT2D eigenvalue weighted by Crippen LogP contribution is 2.19. The van der Waals surface area contributed by atoms with E-state index < -0.39 is 16.1 Å². The van der Waals surface area contributed by atoms with Crippen LogP contribution >= 0.6 is 0 Å². The van der Waals surface area contributed by atoms with Crippen molar-refractivity contribution < 1.29 is 22.3 Å².